The van der Waals surface area contributed by atoms with E-state index in [0.29, 0.717) is 5.56 Å². The molecule has 3 N–H and O–H groups in total. The maximum Gasteiger partial charge on any atom is 0.295 e. The van der Waals surface area contributed by atoms with Crippen LogP contribution < -0.4 is 5.32 Å². The second-order valence-electron chi connectivity index (χ2n) is 6.05. The minimum absolute atomic E-state index is 0.0148. The zero-order chi connectivity index (χ0) is 20.6. The molecule has 0 saturated heterocycles. The smallest absolute Gasteiger partial charge is 0.295 e. The zero-order valence-corrected chi connectivity index (χ0v) is 15.2. The number of aromatic hydroxyl groups is 1. The van der Waals surface area contributed by atoms with Gasteiger partial charge in [0.2, 0.25) is 0 Å². The summed E-state index contributed by atoms with van der Waals surface area (Å²) in [7, 11) is -4.58. The number of nitrogens with zero attached hydrogens (tertiary/aromatic N) is 1. The quantitative estimate of drug-likeness (QED) is 0.345. The monoisotopic (exact) mass is 402 g/mol. The van der Waals surface area contributed by atoms with Gasteiger partial charge in [0.1, 0.15) is 16.2 Å². The van der Waals surface area contributed by atoms with Gasteiger partial charge in [-0.1, -0.05) is 6.07 Å². The zero-order valence-electron chi connectivity index (χ0n) is 14.4. The Morgan fingerprint density at radius 1 is 1.07 bits per heavy atom. The molecule has 0 aromatic heterocycles. The van der Waals surface area contributed by atoms with Crippen LogP contribution in [0, 0.1) is 17.0 Å². The third-order valence-corrected chi connectivity index (χ3v) is 4.99. The first-order valence-electron chi connectivity index (χ1n) is 7.87. The largest absolute Gasteiger partial charge is 0.507 e. The third-order valence-electron chi connectivity index (χ3n) is 4.08. The first-order chi connectivity index (χ1) is 13.1. The van der Waals surface area contributed by atoms with Gasteiger partial charge in [-0.25, -0.2) is 0 Å². The number of benzene rings is 3. The number of carbonyl (C=O) groups is 1. The molecular formula is C18H14N2O7S. The predicted molar refractivity (Wildman–Crippen MR) is 101 cm³/mol. The van der Waals surface area contributed by atoms with Gasteiger partial charge in [-0.2, -0.15) is 8.42 Å². The van der Waals surface area contributed by atoms with E-state index in [9.17, 15) is 33.0 Å². The number of nitrogens with one attached hydrogen (secondary N) is 1. The highest BCUT2D eigenvalue weighted by Gasteiger charge is 2.21. The van der Waals surface area contributed by atoms with Gasteiger partial charge in [-0.05, 0) is 48.9 Å². The SMILES string of the molecule is Cc1ccc([N+](=O)[O-])c(C(=O)Nc2ccc3c(O)ccc(S(=O)(=O)O)c3c2)c1. The lowest BCUT2D eigenvalue weighted by Gasteiger charge is -2.10. The first kappa shape index (κ1) is 19.3. The minimum Gasteiger partial charge on any atom is -0.507 e. The summed E-state index contributed by atoms with van der Waals surface area (Å²) in [6, 6.07) is 10.3. The Morgan fingerprint density at radius 2 is 1.79 bits per heavy atom. The van der Waals surface area contributed by atoms with E-state index in [1.165, 1.54) is 36.4 Å². The van der Waals surface area contributed by atoms with Crippen molar-refractivity contribution >= 4 is 38.2 Å². The van der Waals surface area contributed by atoms with Crippen LogP contribution in [-0.4, -0.2) is 28.9 Å². The van der Waals surface area contributed by atoms with Gasteiger partial charge < -0.3 is 10.4 Å². The van der Waals surface area contributed by atoms with Gasteiger partial charge in [-0.15, -0.1) is 0 Å². The fourth-order valence-corrected chi connectivity index (χ4v) is 3.48. The molecule has 0 aliphatic carbocycles. The number of phenolic OH excluding ortho intramolecular Hbond substituents is 1. The van der Waals surface area contributed by atoms with Crippen LogP contribution in [0.5, 0.6) is 5.75 Å². The lowest BCUT2D eigenvalue weighted by Crippen LogP contribution is -2.14. The topological polar surface area (TPSA) is 147 Å². The van der Waals surface area contributed by atoms with Crippen molar-refractivity contribution in [3.05, 3.63) is 69.8 Å². The van der Waals surface area contributed by atoms with Gasteiger partial charge in [0.15, 0.2) is 0 Å². The number of hydrogen-bond acceptors (Lipinski definition) is 6. The molecule has 0 aliphatic rings. The van der Waals surface area contributed by atoms with E-state index in [4.69, 9.17) is 0 Å². The van der Waals surface area contributed by atoms with Crippen LogP contribution in [0.25, 0.3) is 10.8 Å². The molecule has 0 radical (unpaired) electrons. The summed E-state index contributed by atoms with van der Waals surface area (Å²) in [5.74, 6) is -0.974. The summed E-state index contributed by atoms with van der Waals surface area (Å²) < 4.78 is 32.5. The fourth-order valence-electron chi connectivity index (χ4n) is 2.80. The average Bonchev–Trinajstić information content (AvgIpc) is 2.60. The lowest BCUT2D eigenvalue weighted by molar-refractivity contribution is -0.385. The van der Waals surface area contributed by atoms with Crippen LogP contribution >= 0.6 is 0 Å². The summed E-state index contributed by atoms with van der Waals surface area (Å²) >= 11 is 0. The molecular weight excluding hydrogens is 388 g/mol. The van der Waals surface area contributed by atoms with Crippen LogP contribution in [0.4, 0.5) is 11.4 Å². The standard InChI is InChI=1S/C18H14N2O7S/c1-10-2-5-15(20(23)24)14(8-10)18(22)19-11-3-4-12-13(9-11)17(28(25,26)27)7-6-16(12)21/h2-9,21H,1H3,(H,19,22)(H,25,26,27). The number of hydrogen-bond donors (Lipinski definition) is 3. The van der Waals surface area contributed by atoms with Crippen molar-refractivity contribution in [1.29, 1.82) is 0 Å². The number of anilines is 1. The van der Waals surface area contributed by atoms with E-state index in [-0.39, 0.29) is 33.5 Å². The Balaban J connectivity index is 2.08. The highest BCUT2D eigenvalue weighted by Crippen LogP contribution is 2.32. The van der Waals surface area contributed by atoms with Crippen molar-refractivity contribution in [2.75, 3.05) is 5.32 Å². The lowest BCUT2D eigenvalue weighted by atomic mass is 10.1. The van der Waals surface area contributed by atoms with Crippen LogP contribution in [0.15, 0.2) is 53.4 Å². The summed E-state index contributed by atoms with van der Waals surface area (Å²) in [4.78, 5) is 22.6. The van der Waals surface area contributed by atoms with E-state index in [1.807, 2.05) is 0 Å². The average molecular weight is 402 g/mol. The number of phenols is 1. The Labute approximate surface area is 159 Å². The molecule has 0 unspecified atom stereocenters. The molecule has 0 aliphatic heterocycles. The predicted octanol–water partition coefficient (Wildman–Crippen LogP) is 3.26. The van der Waals surface area contributed by atoms with Gasteiger partial charge in [0.05, 0.1) is 4.92 Å². The van der Waals surface area contributed by atoms with Gasteiger partial charge in [0, 0.05) is 22.5 Å². The Hall–Kier alpha value is -3.50. The molecule has 144 valence electrons. The van der Waals surface area contributed by atoms with E-state index < -0.39 is 25.8 Å². The third kappa shape index (κ3) is 3.63. The maximum absolute atomic E-state index is 12.5. The van der Waals surface area contributed by atoms with Crippen LogP contribution in [0.1, 0.15) is 15.9 Å². The van der Waals surface area contributed by atoms with E-state index in [1.54, 1.807) is 6.92 Å². The van der Waals surface area contributed by atoms with Crippen molar-refractivity contribution in [1.82, 2.24) is 0 Å². The number of aryl methyl sites for hydroxylation is 1. The molecule has 28 heavy (non-hydrogen) atoms. The highest BCUT2D eigenvalue weighted by molar-refractivity contribution is 7.86. The number of fused-ring (bicyclic) bond motifs is 1. The molecule has 0 atom stereocenters. The highest BCUT2D eigenvalue weighted by atomic mass is 32.2. The molecule has 0 spiro atoms. The molecule has 10 heteroatoms. The molecule has 9 nitrogen and oxygen atoms in total. The molecule has 3 aromatic rings. The first-order valence-corrected chi connectivity index (χ1v) is 9.31. The van der Waals surface area contributed by atoms with Crippen LogP contribution in [-0.2, 0) is 10.1 Å². The van der Waals surface area contributed by atoms with Crippen molar-refractivity contribution < 1.29 is 27.8 Å². The number of nitro benzene ring substituents is 1. The number of amides is 1. The van der Waals surface area contributed by atoms with Gasteiger partial charge in [-0.3, -0.25) is 19.5 Å². The molecule has 3 aromatic carbocycles. The number of rotatable bonds is 4. The second-order valence-corrected chi connectivity index (χ2v) is 7.44. The Morgan fingerprint density at radius 3 is 2.43 bits per heavy atom. The number of nitro groups is 1. The van der Waals surface area contributed by atoms with Crippen molar-refractivity contribution in [2.45, 2.75) is 11.8 Å². The molecule has 0 fully saturated rings. The van der Waals surface area contributed by atoms with Crippen molar-refractivity contribution in [2.24, 2.45) is 0 Å². The maximum atomic E-state index is 12.5. The number of carbonyl (C=O) groups excluding carboxylic acids is 1. The van der Waals surface area contributed by atoms with Crippen molar-refractivity contribution in [3.63, 3.8) is 0 Å². The normalized spacial score (nSPS) is 11.4. The Bertz CT molecular complexity index is 1240. The molecule has 1 amide bonds. The van der Waals surface area contributed by atoms with Crippen LogP contribution in [0.3, 0.4) is 0 Å². The summed E-state index contributed by atoms with van der Waals surface area (Å²) in [5.41, 5.74) is 0.243. The molecule has 3 rings (SSSR count). The summed E-state index contributed by atoms with van der Waals surface area (Å²) in [5, 5.41) is 23.7. The minimum atomic E-state index is -4.58. The second kappa shape index (κ2) is 6.91. The van der Waals surface area contributed by atoms with Crippen molar-refractivity contribution in [3.8, 4) is 5.75 Å². The van der Waals surface area contributed by atoms with Crippen LogP contribution in [0.2, 0.25) is 0 Å². The summed E-state index contributed by atoms with van der Waals surface area (Å²) in [6.45, 7) is 1.68. The molecule has 0 bridgehead atoms. The van der Waals surface area contributed by atoms with Gasteiger partial charge >= 0.3 is 0 Å². The van der Waals surface area contributed by atoms with E-state index in [2.05, 4.69) is 5.32 Å². The fraction of sp³-hybridized carbons (Fsp3) is 0.0556. The van der Waals surface area contributed by atoms with E-state index >= 15 is 0 Å². The summed E-state index contributed by atoms with van der Waals surface area (Å²) in [6.07, 6.45) is 0. The van der Waals surface area contributed by atoms with E-state index in [0.717, 1.165) is 12.1 Å². The van der Waals surface area contributed by atoms with Gasteiger partial charge in [0.25, 0.3) is 21.7 Å². The Kier molecular flexibility index (Phi) is 4.75. The molecule has 0 saturated carbocycles. The molecule has 0 heterocycles.